The van der Waals surface area contributed by atoms with Gasteiger partial charge in [0.15, 0.2) is 0 Å². The van der Waals surface area contributed by atoms with E-state index >= 15 is 0 Å². The van der Waals surface area contributed by atoms with Crippen molar-refractivity contribution in [1.82, 2.24) is 5.32 Å². The molecule has 0 heterocycles. The average Bonchev–Trinajstić information content (AvgIpc) is 2.27. The highest BCUT2D eigenvalue weighted by molar-refractivity contribution is 5.04. The molecule has 0 saturated heterocycles. The number of nitrogens with one attached hydrogen (secondary N) is 1. The quantitative estimate of drug-likeness (QED) is 0.780. The molecule has 1 saturated carbocycles. The Morgan fingerprint density at radius 2 is 2.00 bits per heavy atom. The lowest BCUT2D eigenvalue weighted by atomic mass is 9.97. The van der Waals surface area contributed by atoms with Crippen LogP contribution < -0.4 is 5.32 Å². The highest BCUT2D eigenvalue weighted by Gasteiger charge is 2.26. The maximum atomic E-state index is 9.17. The molecule has 92 valence electrons. The van der Waals surface area contributed by atoms with E-state index in [4.69, 9.17) is 4.74 Å². The van der Waals surface area contributed by atoms with Crippen LogP contribution in [0.25, 0.3) is 0 Å². The Bertz CT molecular complexity index is 241. The molecule has 1 N–H and O–H groups in total. The summed E-state index contributed by atoms with van der Waals surface area (Å²) in [6, 6.07) is 2.62. The van der Waals surface area contributed by atoms with Gasteiger partial charge in [0, 0.05) is 6.04 Å². The van der Waals surface area contributed by atoms with Crippen molar-refractivity contribution in [3.8, 4) is 6.07 Å². The molecule has 3 nitrogen and oxygen atoms in total. The molecule has 16 heavy (non-hydrogen) atoms. The van der Waals surface area contributed by atoms with Crippen LogP contribution in [0.1, 0.15) is 52.9 Å². The molecule has 0 spiro atoms. The second-order valence-electron chi connectivity index (χ2n) is 5.31. The fourth-order valence-electron chi connectivity index (χ4n) is 2.26. The number of nitriles is 1. The molecule has 1 rings (SSSR count). The highest BCUT2D eigenvalue weighted by atomic mass is 16.5. The van der Waals surface area contributed by atoms with Crippen molar-refractivity contribution in [2.24, 2.45) is 0 Å². The topological polar surface area (TPSA) is 45.0 Å². The molecule has 1 aliphatic carbocycles. The highest BCUT2D eigenvalue weighted by Crippen LogP contribution is 2.21. The summed E-state index contributed by atoms with van der Waals surface area (Å²) in [6.07, 6.45) is 6.55. The van der Waals surface area contributed by atoms with Gasteiger partial charge in [-0.25, -0.2) is 0 Å². The third-order valence-electron chi connectivity index (χ3n) is 3.01. The van der Waals surface area contributed by atoms with E-state index in [1.807, 2.05) is 6.92 Å². The van der Waals surface area contributed by atoms with Gasteiger partial charge in [-0.15, -0.1) is 0 Å². The van der Waals surface area contributed by atoms with Crippen LogP contribution in [-0.4, -0.2) is 24.3 Å². The van der Waals surface area contributed by atoms with E-state index in [2.05, 4.69) is 25.2 Å². The number of rotatable bonds is 5. The van der Waals surface area contributed by atoms with Crippen molar-refractivity contribution in [2.75, 3.05) is 6.61 Å². The summed E-state index contributed by atoms with van der Waals surface area (Å²) in [4.78, 5) is 0. The summed E-state index contributed by atoms with van der Waals surface area (Å²) in [6.45, 7) is 6.51. The first-order valence-corrected chi connectivity index (χ1v) is 6.36. The molecule has 0 radical (unpaired) electrons. The van der Waals surface area contributed by atoms with E-state index in [0.717, 1.165) is 12.8 Å². The fourth-order valence-corrected chi connectivity index (χ4v) is 2.26. The zero-order chi connectivity index (χ0) is 12.0. The van der Waals surface area contributed by atoms with E-state index in [9.17, 15) is 5.26 Å². The van der Waals surface area contributed by atoms with E-state index in [-0.39, 0.29) is 0 Å². The van der Waals surface area contributed by atoms with Gasteiger partial charge in [0.1, 0.15) is 5.54 Å². The minimum absolute atomic E-state index is 0.305. The Hall–Kier alpha value is -0.590. The molecule has 3 heteroatoms. The number of hydrogen-bond donors (Lipinski definition) is 1. The van der Waals surface area contributed by atoms with Crippen molar-refractivity contribution < 1.29 is 4.74 Å². The first kappa shape index (κ1) is 13.5. The Morgan fingerprint density at radius 3 is 2.50 bits per heavy atom. The van der Waals surface area contributed by atoms with Gasteiger partial charge in [-0.1, -0.05) is 19.3 Å². The SMILES string of the molecule is CC(C)NC(C)(C#N)COC1CCCCC1. The molecule has 0 aliphatic heterocycles. The molecule has 0 amide bonds. The summed E-state index contributed by atoms with van der Waals surface area (Å²) in [7, 11) is 0. The van der Waals surface area contributed by atoms with E-state index in [0.29, 0.717) is 18.8 Å². The second kappa shape index (κ2) is 6.22. The predicted octanol–water partition coefficient (Wildman–Crippen LogP) is 2.62. The number of nitrogens with zero attached hydrogens (tertiary/aromatic N) is 1. The van der Waals surface area contributed by atoms with Gasteiger partial charge in [0.25, 0.3) is 0 Å². The third-order valence-corrected chi connectivity index (χ3v) is 3.01. The molecule has 1 fully saturated rings. The van der Waals surface area contributed by atoms with E-state index in [1.54, 1.807) is 0 Å². The molecule has 1 unspecified atom stereocenters. The van der Waals surface area contributed by atoms with Crippen LogP contribution in [-0.2, 0) is 4.74 Å². The minimum atomic E-state index is -0.550. The van der Waals surface area contributed by atoms with Gasteiger partial charge in [0.2, 0.25) is 0 Å². The molecular weight excluding hydrogens is 200 g/mol. The smallest absolute Gasteiger partial charge is 0.127 e. The number of hydrogen-bond acceptors (Lipinski definition) is 3. The van der Waals surface area contributed by atoms with E-state index < -0.39 is 5.54 Å². The maximum Gasteiger partial charge on any atom is 0.127 e. The average molecular weight is 224 g/mol. The molecule has 0 aromatic carbocycles. The second-order valence-corrected chi connectivity index (χ2v) is 5.31. The van der Waals surface area contributed by atoms with Crippen LogP contribution in [0.5, 0.6) is 0 Å². The zero-order valence-electron chi connectivity index (χ0n) is 10.8. The summed E-state index contributed by atoms with van der Waals surface area (Å²) in [5.74, 6) is 0. The Balaban J connectivity index is 2.35. The Kier molecular flexibility index (Phi) is 5.24. The van der Waals surface area contributed by atoms with Crippen LogP contribution in [0.4, 0.5) is 0 Å². The molecule has 0 bridgehead atoms. The predicted molar refractivity (Wildman–Crippen MR) is 65.1 cm³/mol. The van der Waals surface area contributed by atoms with Gasteiger partial charge >= 0.3 is 0 Å². The Morgan fingerprint density at radius 1 is 1.38 bits per heavy atom. The van der Waals surface area contributed by atoms with Gasteiger partial charge in [0.05, 0.1) is 18.8 Å². The van der Waals surface area contributed by atoms with Crippen molar-refractivity contribution in [3.05, 3.63) is 0 Å². The van der Waals surface area contributed by atoms with Crippen LogP contribution >= 0.6 is 0 Å². The van der Waals surface area contributed by atoms with Crippen LogP contribution in [0, 0.1) is 11.3 Å². The molecule has 0 aromatic heterocycles. The summed E-state index contributed by atoms with van der Waals surface area (Å²) < 4.78 is 5.85. The van der Waals surface area contributed by atoms with Crippen molar-refractivity contribution >= 4 is 0 Å². The lowest BCUT2D eigenvalue weighted by Gasteiger charge is -2.29. The summed E-state index contributed by atoms with van der Waals surface area (Å²) in [5, 5.41) is 12.4. The van der Waals surface area contributed by atoms with Crippen molar-refractivity contribution in [1.29, 1.82) is 5.26 Å². The van der Waals surface area contributed by atoms with Gasteiger partial charge in [-0.2, -0.15) is 5.26 Å². The normalized spacial score (nSPS) is 21.7. The Labute approximate surface area is 99.2 Å². The lowest BCUT2D eigenvalue weighted by Crippen LogP contribution is -2.49. The molecule has 1 atom stereocenters. The third kappa shape index (κ3) is 4.51. The monoisotopic (exact) mass is 224 g/mol. The first-order valence-electron chi connectivity index (χ1n) is 6.36. The largest absolute Gasteiger partial charge is 0.375 e. The fraction of sp³-hybridized carbons (Fsp3) is 0.923. The van der Waals surface area contributed by atoms with E-state index in [1.165, 1.54) is 19.3 Å². The van der Waals surface area contributed by atoms with Crippen LogP contribution in [0.15, 0.2) is 0 Å². The molecular formula is C13H24N2O. The molecule has 0 aromatic rings. The van der Waals surface area contributed by atoms with Crippen LogP contribution in [0.3, 0.4) is 0 Å². The standard InChI is InChI=1S/C13H24N2O/c1-11(2)15-13(3,9-14)10-16-12-7-5-4-6-8-12/h11-12,15H,4-8,10H2,1-3H3. The first-order chi connectivity index (χ1) is 7.56. The van der Waals surface area contributed by atoms with Crippen LogP contribution in [0.2, 0.25) is 0 Å². The molecule has 1 aliphatic rings. The van der Waals surface area contributed by atoms with Gasteiger partial charge < -0.3 is 4.74 Å². The van der Waals surface area contributed by atoms with Crippen molar-refractivity contribution in [2.45, 2.75) is 70.6 Å². The van der Waals surface area contributed by atoms with Gasteiger partial charge in [-0.3, -0.25) is 5.32 Å². The van der Waals surface area contributed by atoms with Gasteiger partial charge in [-0.05, 0) is 33.6 Å². The summed E-state index contributed by atoms with van der Waals surface area (Å²) >= 11 is 0. The zero-order valence-corrected chi connectivity index (χ0v) is 10.8. The number of ether oxygens (including phenoxy) is 1. The summed E-state index contributed by atoms with van der Waals surface area (Å²) in [5.41, 5.74) is -0.550. The minimum Gasteiger partial charge on any atom is -0.375 e. The van der Waals surface area contributed by atoms with Crippen molar-refractivity contribution in [3.63, 3.8) is 0 Å². The lowest BCUT2D eigenvalue weighted by molar-refractivity contribution is 0.00501. The maximum absolute atomic E-state index is 9.17.